The molecule has 1 atom stereocenters. The summed E-state index contributed by atoms with van der Waals surface area (Å²) in [5.41, 5.74) is 0.861. The van der Waals surface area contributed by atoms with E-state index in [9.17, 15) is 13.2 Å². The first kappa shape index (κ1) is 17.2. The number of anilines is 2. The Kier molecular flexibility index (Phi) is 5.23. The number of hydrogen-bond acceptors (Lipinski definition) is 4. The summed E-state index contributed by atoms with van der Waals surface area (Å²) >= 11 is 5.83. The molecule has 122 valence electrons. The molecule has 1 aromatic heterocycles. The standard InChI is InChI=1S/C15H16ClN3O3S/c1-11(15(20)18-13-4-3-9-17-10-13)19(23(2,21)22)14-7-5-12(16)6-8-14/h3-11H,1-2H3,(H,18,20). The van der Waals surface area contributed by atoms with Gasteiger partial charge in [-0.05, 0) is 43.3 Å². The monoisotopic (exact) mass is 353 g/mol. The second-order valence-corrected chi connectivity index (χ2v) is 7.24. The fourth-order valence-corrected chi connectivity index (χ4v) is 3.38. The van der Waals surface area contributed by atoms with Crippen molar-refractivity contribution in [1.29, 1.82) is 0 Å². The van der Waals surface area contributed by atoms with Gasteiger partial charge in [-0.2, -0.15) is 0 Å². The van der Waals surface area contributed by atoms with E-state index in [-0.39, 0.29) is 0 Å². The van der Waals surface area contributed by atoms with Gasteiger partial charge in [0.15, 0.2) is 0 Å². The van der Waals surface area contributed by atoms with Gasteiger partial charge in [-0.1, -0.05) is 11.6 Å². The molecule has 0 saturated carbocycles. The number of pyridine rings is 1. The van der Waals surface area contributed by atoms with Gasteiger partial charge in [-0.15, -0.1) is 0 Å². The van der Waals surface area contributed by atoms with Crippen LogP contribution in [0.2, 0.25) is 5.02 Å². The van der Waals surface area contributed by atoms with Crippen molar-refractivity contribution in [3.8, 4) is 0 Å². The van der Waals surface area contributed by atoms with Crippen molar-refractivity contribution in [3.63, 3.8) is 0 Å². The lowest BCUT2D eigenvalue weighted by atomic mass is 10.2. The highest BCUT2D eigenvalue weighted by Gasteiger charge is 2.29. The van der Waals surface area contributed by atoms with E-state index in [0.717, 1.165) is 10.6 Å². The Labute approximate surface area is 140 Å². The minimum Gasteiger partial charge on any atom is -0.323 e. The molecule has 23 heavy (non-hydrogen) atoms. The highest BCUT2D eigenvalue weighted by atomic mass is 35.5. The smallest absolute Gasteiger partial charge is 0.248 e. The maximum absolute atomic E-state index is 12.4. The van der Waals surface area contributed by atoms with Gasteiger partial charge < -0.3 is 5.32 Å². The van der Waals surface area contributed by atoms with Gasteiger partial charge in [0, 0.05) is 11.2 Å². The van der Waals surface area contributed by atoms with Crippen molar-refractivity contribution in [2.45, 2.75) is 13.0 Å². The molecule has 6 nitrogen and oxygen atoms in total. The Morgan fingerprint density at radius 3 is 2.43 bits per heavy atom. The zero-order chi connectivity index (χ0) is 17.0. The maximum atomic E-state index is 12.4. The van der Waals surface area contributed by atoms with Crippen molar-refractivity contribution >= 4 is 38.9 Å². The van der Waals surface area contributed by atoms with Crippen molar-refractivity contribution < 1.29 is 13.2 Å². The van der Waals surface area contributed by atoms with Crippen LogP contribution in [0.3, 0.4) is 0 Å². The third-order valence-corrected chi connectivity index (χ3v) is 4.59. The Morgan fingerprint density at radius 2 is 1.91 bits per heavy atom. The van der Waals surface area contributed by atoms with E-state index in [0.29, 0.717) is 16.4 Å². The van der Waals surface area contributed by atoms with Crippen LogP contribution in [0.15, 0.2) is 48.8 Å². The van der Waals surface area contributed by atoms with Crippen molar-refractivity contribution in [2.75, 3.05) is 15.9 Å². The first-order chi connectivity index (χ1) is 10.8. The molecule has 1 N–H and O–H groups in total. The molecule has 8 heteroatoms. The highest BCUT2D eigenvalue weighted by Crippen LogP contribution is 2.23. The first-order valence-electron chi connectivity index (χ1n) is 6.75. The predicted molar refractivity (Wildman–Crippen MR) is 91.1 cm³/mol. The van der Waals surface area contributed by atoms with Crippen LogP contribution in [0.25, 0.3) is 0 Å². The third kappa shape index (κ3) is 4.43. The second-order valence-electron chi connectivity index (χ2n) is 4.94. The number of sulfonamides is 1. The molecule has 0 aliphatic carbocycles. The third-order valence-electron chi connectivity index (χ3n) is 3.10. The van der Waals surface area contributed by atoms with E-state index in [4.69, 9.17) is 11.6 Å². The summed E-state index contributed by atoms with van der Waals surface area (Å²) in [5.74, 6) is -0.460. The molecule has 1 heterocycles. The summed E-state index contributed by atoms with van der Waals surface area (Å²) in [6.45, 7) is 1.52. The van der Waals surface area contributed by atoms with Crippen LogP contribution < -0.4 is 9.62 Å². The van der Waals surface area contributed by atoms with Gasteiger partial charge in [0.2, 0.25) is 15.9 Å². The number of benzene rings is 1. The molecule has 0 spiro atoms. The molecule has 1 aromatic carbocycles. The van der Waals surface area contributed by atoms with Gasteiger partial charge >= 0.3 is 0 Å². The minimum absolute atomic E-state index is 0.366. The molecule has 0 bridgehead atoms. The van der Waals surface area contributed by atoms with E-state index >= 15 is 0 Å². The Hall–Kier alpha value is -2.12. The van der Waals surface area contributed by atoms with Crippen molar-refractivity contribution in [3.05, 3.63) is 53.8 Å². The van der Waals surface area contributed by atoms with Gasteiger partial charge in [0.25, 0.3) is 0 Å². The van der Waals surface area contributed by atoms with Gasteiger partial charge in [0.1, 0.15) is 6.04 Å². The number of hydrogen-bond donors (Lipinski definition) is 1. The molecule has 0 saturated heterocycles. The highest BCUT2D eigenvalue weighted by molar-refractivity contribution is 7.92. The summed E-state index contributed by atoms with van der Waals surface area (Å²) in [7, 11) is -3.65. The van der Waals surface area contributed by atoms with Crippen LogP contribution >= 0.6 is 11.6 Å². The minimum atomic E-state index is -3.65. The Bertz CT molecular complexity index is 779. The molecule has 2 rings (SSSR count). The molecule has 1 unspecified atom stereocenters. The largest absolute Gasteiger partial charge is 0.323 e. The van der Waals surface area contributed by atoms with Crippen LogP contribution in [-0.2, 0) is 14.8 Å². The number of nitrogens with zero attached hydrogens (tertiary/aromatic N) is 2. The number of halogens is 1. The van der Waals surface area contributed by atoms with Crippen molar-refractivity contribution in [1.82, 2.24) is 4.98 Å². The van der Waals surface area contributed by atoms with Gasteiger partial charge in [0.05, 0.1) is 23.8 Å². The van der Waals surface area contributed by atoms with Crippen LogP contribution in [0.4, 0.5) is 11.4 Å². The van der Waals surface area contributed by atoms with Crippen molar-refractivity contribution in [2.24, 2.45) is 0 Å². The second kappa shape index (κ2) is 6.97. The van der Waals surface area contributed by atoms with Crippen LogP contribution in [0, 0.1) is 0 Å². The van der Waals surface area contributed by atoms with Crippen LogP contribution in [-0.4, -0.2) is 31.6 Å². The number of rotatable bonds is 5. The molecular weight excluding hydrogens is 338 g/mol. The molecule has 0 fully saturated rings. The van der Waals surface area contributed by atoms with E-state index in [1.165, 1.54) is 13.1 Å². The van der Waals surface area contributed by atoms with E-state index < -0.39 is 22.0 Å². The Morgan fingerprint density at radius 1 is 1.26 bits per heavy atom. The number of nitrogens with one attached hydrogen (secondary N) is 1. The molecule has 0 radical (unpaired) electrons. The lowest BCUT2D eigenvalue weighted by Crippen LogP contribution is -2.45. The summed E-state index contributed by atoms with van der Waals surface area (Å²) in [6, 6.07) is 8.65. The number of carbonyl (C=O) groups excluding carboxylic acids is 1. The summed E-state index contributed by atoms with van der Waals surface area (Å²) in [6.07, 6.45) is 4.11. The Balaban J connectivity index is 2.28. The average molecular weight is 354 g/mol. The zero-order valence-corrected chi connectivity index (χ0v) is 14.2. The lowest BCUT2D eigenvalue weighted by Gasteiger charge is -2.28. The number of amides is 1. The SMILES string of the molecule is CC(C(=O)Nc1cccnc1)N(c1ccc(Cl)cc1)S(C)(=O)=O. The summed E-state index contributed by atoms with van der Waals surface area (Å²) < 4.78 is 25.3. The molecular formula is C15H16ClN3O3S. The number of carbonyl (C=O) groups is 1. The quantitative estimate of drug-likeness (QED) is 0.895. The van der Waals surface area contributed by atoms with Gasteiger partial charge in [-0.3, -0.25) is 14.1 Å². The molecule has 0 aliphatic heterocycles. The predicted octanol–water partition coefficient (Wildman–Crippen LogP) is 2.53. The van der Waals surface area contributed by atoms with E-state index in [2.05, 4.69) is 10.3 Å². The molecule has 2 aromatic rings. The fraction of sp³-hybridized carbons (Fsp3) is 0.200. The number of aromatic nitrogens is 1. The average Bonchev–Trinajstić information content (AvgIpc) is 2.49. The summed E-state index contributed by atoms with van der Waals surface area (Å²) in [4.78, 5) is 16.3. The molecule has 1 amide bonds. The summed E-state index contributed by atoms with van der Waals surface area (Å²) in [5, 5.41) is 3.12. The fourth-order valence-electron chi connectivity index (χ4n) is 2.08. The van der Waals surface area contributed by atoms with Gasteiger partial charge in [-0.25, -0.2) is 8.42 Å². The van der Waals surface area contributed by atoms with Crippen LogP contribution in [0.5, 0.6) is 0 Å². The van der Waals surface area contributed by atoms with E-state index in [1.807, 2.05) is 0 Å². The first-order valence-corrected chi connectivity index (χ1v) is 8.97. The topological polar surface area (TPSA) is 79.4 Å². The van der Waals surface area contributed by atoms with E-state index in [1.54, 1.807) is 42.6 Å². The van der Waals surface area contributed by atoms with Crippen LogP contribution in [0.1, 0.15) is 6.92 Å². The lowest BCUT2D eigenvalue weighted by molar-refractivity contribution is -0.116. The zero-order valence-electron chi connectivity index (χ0n) is 12.6. The molecule has 0 aliphatic rings. The maximum Gasteiger partial charge on any atom is 0.248 e. The normalized spacial score (nSPS) is 12.5.